The first-order valence-corrected chi connectivity index (χ1v) is 7.36. The quantitative estimate of drug-likeness (QED) is 0.330. The van der Waals surface area contributed by atoms with Gasteiger partial charge in [-0.3, -0.25) is 0 Å². The summed E-state index contributed by atoms with van der Waals surface area (Å²) in [5.41, 5.74) is 0.268. The van der Waals surface area contributed by atoms with Crippen LogP contribution in [0.2, 0.25) is 0 Å². The van der Waals surface area contributed by atoms with E-state index in [-0.39, 0.29) is 5.97 Å². The van der Waals surface area contributed by atoms with Crippen LogP contribution in [0, 0.1) is 0 Å². The van der Waals surface area contributed by atoms with Crippen LogP contribution in [0.25, 0.3) is 0 Å². The van der Waals surface area contributed by atoms with E-state index in [1.54, 1.807) is 20.1 Å². The molecule has 0 radical (unpaired) electrons. The molecule has 0 rings (SSSR count). The van der Waals surface area contributed by atoms with Gasteiger partial charge in [-0.05, 0) is 39.2 Å². The molecule has 0 N–H and O–H groups in total. The number of esters is 1. The van der Waals surface area contributed by atoms with Crippen molar-refractivity contribution >= 4 is 5.97 Å². The zero-order valence-electron chi connectivity index (χ0n) is 13.3. The van der Waals surface area contributed by atoms with Gasteiger partial charge < -0.3 is 9.47 Å². The average Bonchev–Trinajstić information content (AvgIpc) is 2.39. The number of hydrogen-bond donors (Lipinski definition) is 0. The van der Waals surface area contributed by atoms with Gasteiger partial charge in [0, 0.05) is 0 Å². The molecule has 0 atom stereocenters. The fourth-order valence-corrected chi connectivity index (χ4v) is 1.78. The van der Waals surface area contributed by atoms with Crippen molar-refractivity contribution in [2.75, 3.05) is 7.11 Å². The Hall–Kier alpha value is -0.990. The summed E-state index contributed by atoms with van der Waals surface area (Å²) in [6, 6.07) is 0. The Morgan fingerprint density at radius 1 is 1.11 bits per heavy atom. The molecule has 0 saturated heterocycles. The van der Waals surface area contributed by atoms with Gasteiger partial charge in [0.2, 0.25) is 0 Å². The van der Waals surface area contributed by atoms with Crippen LogP contribution in [-0.2, 0) is 14.3 Å². The van der Waals surface area contributed by atoms with Gasteiger partial charge in [0.1, 0.15) is 0 Å². The Labute approximate surface area is 118 Å². The third kappa shape index (κ3) is 8.68. The van der Waals surface area contributed by atoms with Gasteiger partial charge in [-0.15, -0.1) is 0 Å². The van der Waals surface area contributed by atoms with Gasteiger partial charge in [0.25, 0.3) is 0 Å². The van der Waals surface area contributed by atoms with Crippen LogP contribution in [0.5, 0.6) is 0 Å². The van der Waals surface area contributed by atoms with Gasteiger partial charge in [-0.1, -0.05) is 39.0 Å². The summed E-state index contributed by atoms with van der Waals surface area (Å²) in [6.07, 6.45) is 10.5. The molecular weight excluding hydrogens is 240 g/mol. The van der Waals surface area contributed by atoms with E-state index in [9.17, 15) is 4.79 Å². The SMILES string of the molecule is CCCCCCCCC(C)=COC(C)(C)C(=O)OC. The predicted molar refractivity (Wildman–Crippen MR) is 78.9 cm³/mol. The third-order valence-electron chi connectivity index (χ3n) is 3.16. The number of allylic oxidation sites excluding steroid dienone is 1. The maximum absolute atomic E-state index is 11.4. The highest BCUT2D eigenvalue weighted by Gasteiger charge is 2.29. The van der Waals surface area contributed by atoms with E-state index in [1.165, 1.54) is 51.2 Å². The predicted octanol–water partition coefficient (Wildman–Crippen LogP) is 4.61. The minimum absolute atomic E-state index is 0.351. The number of ether oxygens (including phenoxy) is 2. The second-order valence-electron chi connectivity index (χ2n) is 5.60. The molecule has 0 bridgehead atoms. The molecule has 0 amide bonds. The van der Waals surface area contributed by atoms with Crippen molar-refractivity contribution in [1.82, 2.24) is 0 Å². The lowest BCUT2D eigenvalue weighted by Crippen LogP contribution is -2.34. The molecule has 0 aromatic heterocycles. The molecule has 0 aromatic carbocycles. The lowest BCUT2D eigenvalue weighted by molar-refractivity contribution is -0.159. The van der Waals surface area contributed by atoms with Crippen LogP contribution in [0.1, 0.15) is 72.6 Å². The Balaban J connectivity index is 3.85. The number of unbranched alkanes of at least 4 members (excludes halogenated alkanes) is 5. The number of carbonyl (C=O) groups is 1. The minimum atomic E-state index is -0.906. The number of carbonyl (C=O) groups excluding carboxylic acids is 1. The van der Waals surface area contributed by atoms with Gasteiger partial charge in [0.05, 0.1) is 13.4 Å². The Bertz CT molecular complexity index is 280. The summed E-state index contributed by atoms with van der Waals surface area (Å²) in [6.45, 7) is 7.70. The van der Waals surface area contributed by atoms with Crippen LogP contribution in [0.4, 0.5) is 0 Å². The van der Waals surface area contributed by atoms with Gasteiger partial charge >= 0.3 is 5.97 Å². The van der Waals surface area contributed by atoms with Crippen molar-refractivity contribution in [3.63, 3.8) is 0 Å². The Kier molecular flexibility index (Phi) is 9.36. The van der Waals surface area contributed by atoms with Crippen molar-refractivity contribution in [2.45, 2.75) is 78.2 Å². The second-order valence-corrected chi connectivity index (χ2v) is 5.60. The van der Waals surface area contributed by atoms with E-state index in [0.717, 1.165) is 6.42 Å². The van der Waals surface area contributed by atoms with Gasteiger partial charge in [-0.25, -0.2) is 4.79 Å². The van der Waals surface area contributed by atoms with Crippen molar-refractivity contribution in [1.29, 1.82) is 0 Å². The van der Waals surface area contributed by atoms with E-state index in [0.29, 0.717) is 0 Å². The molecule has 0 heterocycles. The summed E-state index contributed by atoms with van der Waals surface area (Å²) < 4.78 is 10.2. The van der Waals surface area contributed by atoms with E-state index in [1.807, 2.05) is 6.92 Å². The fourth-order valence-electron chi connectivity index (χ4n) is 1.78. The van der Waals surface area contributed by atoms with Crippen LogP contribution in [0.15, 0.2) is 11.8 Å². The number of rotatable bonds is 10. The Morgan fingerprint density at radius 3 is 2.26 bits per heavy atom. The highest BCUT2D eigenvalue weighted by molar-refractivity contribution is 5.78. The maximum Gasteiger partial charge on any atom is 0.349 e. The summed E-state index contributed by atoms with van der Waals surface area (Å²) in [4.78, 5) is 11.4. The maximum atomic E-state index is 11.4. The molecule has 3 nitrogen and oxygen atoms in total. The molecule has 19 heavy (non-hydrogen) atoms. The van der Waals surface area contributed by atoms with Crippen LogP contribution in [0.3, 0.4) is 0 Å². The summed E-state index contributed by atoms with van der Waals surface area (Å²) in [5, 5.41) is 0. The average molecular weight is 270 g/mol. The van der Waals surface area contributed by atoms with Crippen molar-refractivity contribution in [3.05, 3.63) is 11.8 Å². The topological polar surface area (TPSA) is 35.5 Å². The van der Waals surface area contributed by atoms with E-state index in [4.69, 9.17) is 9.47 Å². The van der Waals surface area contributed by atoms with Crippen molar-refractivity contribution in [2.24, 2.45) is 0 Å². The monoisotopic (exact) mass is 270 g/mol. The van der Waals surface area contributed by atoms with Crippen LogP contribution >= 0.6 is 0 Å². The molecule has 0 aliphatic carbocycles. The number of methoxy groups -OCH3 is 1. The molecule has 0 aliphatic rings. The van der Waals surface area contributed by atoms with Crippen LogP contribution < -0.4 is 0 Å². The van der Waals surface area contributed by atoms with Gasteiger partial charge in [-0.2, -0.15) is 0 Å². The molecule has 0 aliphatic heterocycles. The van der Waals surface area contributed by atoms with Crippen molar-refractivity contribution in [3.8, 4) is 0 Å². The third-order valence-corrected chi connectivity index (χ3v) is 3.16. The molecular formula is C16H30O3. The number of hydrogen-bond acceptors (Lipinski definition) is 3. The first-order chi connectivity index (χ1) is 8.94. The lowest BCUT2D eigenvalue weighted by atomic mass is 10.1. The van der Waals surface area contributed by atoms with Crippen molar-refractivity contribution < 1.29 is 14.3 Å². The molecule has 0 spiro atoms. The second kappa shape index (κ2) is 9.88. The highest BCUT2D eigenvalue weighted by Crippen LogP contribution is 2.16. The van der Waals surface area contributed by atoms with E-state index < -0.39 is 5.60 Å². The first-order valence-electron chi connectivity index (χ1n) is 7.36. The molecule has 3 heteroatoms. The lowest BCUT2D eigenvalue weighted by Gasteiger charge is -2.21. The highest BCUT2D eigenvalue weighted by atomic mass is 16.6. The molecule has 112 valence electrons. The van der Waals surface area contributed by atoms with E-state index in [2.05, 4.69) is 6.92 Å². The first kappa shape index (κ1) is 18.0. The molecule has 0 saturated carbocycles. The van der Waals surface area contributed by atoms with Gasteiger partial charge in [0.15, 0.2) is 5.60 Å². The molecule has 0 aromatic rings. The molecule has 0 fully saturated rings. The zero-order valence-corrected chi connectivity index (χ0v) is 13.3. The zero-order chi connectivity index (χ0) is 14.7. The largest absolute Gasteiger partial charge is 0.484 e. The van der Waals surface area contributed by atoms with E-state index >= 15 is 0 Å². The smallest absolute Gasteiger partial charge is 0.349 e. The fraction of sp³-hybridized carbons (Fsp3) is 0.812. The summed E-state index contributed by atoms with van der Waals surface area (Å²) in [7, 11) is 1.38. The minimum Gasteiger partial charge on any atom is -0.484 e. The van der Waals surface area contributed by atoms with Crippen LogP contribution in [-0.4, -0.2) is 18.7 Å². The normalized spacial score (nSPS) is 12.4. The Morgan fingerprint density at radius 2 is 1.68 bits per heavy atom. The molecule has 0 unspecified atom stereocenters. The summed E-state index contributed by atoms with van der Waals surface area (Å²) in [5.74, 6) is -0.351. The standard InChI is InChI=1S/C16H30O3/c1-6-7-8-9-10-11-12-14(2)13-19-16(3,4)15(17)18-5/h13H,6-12H2,1-5H3. The summed E-state index contributed by atoms with van der Waals surface area (Å²) >= 11 is 0.